The van der Waals surface area contributed by atoms with Crippen molar-refractivity contribution in [3.63, 3.8) is 0 Å². The van der Waals surface area contributed by atoms with Gasteiger partial charge in [-0.2, -0.15) is 0 Å². The number of amides is 1. The number of carbonyl (C=O) groups excluding carboxylic acids is 1. The summed E-state index contributed by atoms with van der Waals surface area (Å²) in [7, 11) is -3.72. The molecule has 1 aromatic heterocycles. The molecule has 1 aliphatic heterocycles. The van der Waals surface area contributed by atoms with Crippen molar-refractivity contribution in [2.75, 3.05) is 16.2 Å². The van der Waals surface area contributed by atoms with Gasteiger partial charge >= 0.3 is 0 Å². The van der Waals surface area contributed by atoms with Crippen LogP contribution in [0, 0.1) is 5.82 Å². The predicted octanol–water partition coefficient (Wildman–Crippen LogP) is 4.95. The zero-order valence-corrected chi connectivity index (χ0v) is 18.9. The number of nitrogens with zero attached hydrogens (tertiary/aromatic N) is 2. The number of aromatic nitrogens is 1. The molecule has 33 heavy (non-hydrogen) atoms. The zero-order valence-electron chi connectivity index (χ0n) is 17.2. The van der Waals surface area contributed by atoms with Crippen LogP contribution in [0.2, 0.25) is 0 Å². The molecule has 0 fully saturated rings. The molecule has 0 spiro atoms. The average molecular weight is 480 g/mol. The summed E-state index contributed by atoms with van der Waals surface area (Å²) in [5, 5.41) is 4.88. The lowest BCUT2D eigenvalue weighted by Crippen LogP contribution is -2.29. The number of para-hydroxylation sites is 1. The summed E-state index contributed by atoms with van der Waals surface area (Å²) in [5.74, 6) is -0.729. The molecule has 0 atom stereocenters. The van der Waals surface area contributed by atoms with Crippen molar-refractivity contribution in [2.24, 2.45) is 0 Å². The quantitative estimate of drug-likeness (QED) is 0.439. The van der Waals surface area contributed by atoms with E-state index in [1.165, 1.54) is 52.0 Å². The molecule has 4 aromatic rings. The number of sulfonamides is 1. The van der Waals surface area contributed by atoms with Crippen molar-refractivity contribution in [3.05, 3.63) is 95.1 Å². The van der Waals surface area contributed by atoms with E-state index in [2.05, 4.69) is 10.3 Å². The van der Waals surface area contributed by atoms with Gasteiger partial charge in [-0.05, 0) is 66.6 Å². The summed E-state index contributed by atoms with van der Waals surface area (Å²) < 4.78 is 40.8. The van der Waals surface area contributed by atoms with Crippen LogP contribution in [0.1, 0.15) is 15.9 Å². The van der Waals surface area contributed by atoms with Gasteiger partial charge in [0, 0.05) is 23.1 Å². The molecule has 0 aliphatic carbocycles. The Hall–Kier alpha value is -3.56. The molecule has 1 aliphatic rings. The smallest absolute Gasteiger partial charge is 0.264 e. The van der Waals surface area contributed by atoms with Gasteiger partial charge in [-0.3, -0.25) is 14.4 Å². The number of anilines is 2. The number of halogens is 1. The van der Waals surface area contributed by atoms with Gasteiger partial charge in [-0.15, -0.1) is 11.3 Å². The van der Waals surface area contributed by atoms with Crippen molar-refractivity contribution in [1.82, 2.24) is 4.98 Å². The van der Waals surface area contributed by atoms with Crippen LogP contribution in [-0.2, 0) is 16.4 Å². The first-order chi connectivity index (χ1) is 15.9. The van der Waals surface area contributed by atoms with Crippen molar-refractivity contribution in [3.8, 4) is 11.3 Å². The van der Waals surface area contributed by atoms with Gasteiger partial charge in [0.05, 0.1) is 16.3 Å². The number of thiazole rings is 1. The van der Waals surface area contributed by atoms with Crippen LogP contribution < -0.4 is 9.62 Å². The highest BCUT2D eigenvalue weighted by Crippen LogP contribution is 2.32. The fraction of sp³-hybridized carbons (Fsp3) is 0.0833. The minimum Gasteiger partial charge on any atom is -0.298 e. The van der Waals surface area contributed by atoms with Gasteiger partial charge in [-0.25, -0.2) is 17.8 Å². The van der Waals surface area contributed by atoms with E-state index in [0.29, 0.717) is 35.0 Å². The number of carbonyl (C=O) groups is 1. The van der Waals surface area contributed by atoms with Crippen molar-refractivity contribution < 1.29 is 17.6 Å². The molecule has 2 heterocycles. The Kier molecular flexibility index (Phi) is 5.43. The maximum absolute atomic E-state index is 13.1. The molecule has 3 aromatic carbocycles. The molecule has 6 nitrogen and oxygen atoms in total. The second-order valence-corrected chi connectivity index (χ2v) is 10.2. The predicted molar refractivity (Wildman–Crippen MR) is 127 cm³/mol. The highest BCUT2D eigenvalue weighted by atomic mass is 32.2. The molecule has 0 saturated carbocycles. The Morgan fingerprint density at radius 1 is 1.00 bits per heavy atom. The first-order valence-corrected chi connectivity index (χ1v) is 12.5. The van der Waals surface area contributed by atoms with Crippen molar-refractivity contribution >= 4 is 38.1 Å². The molecule has 9 heteroatoms. The van der Waals surface area contributed by atoms with E-state index in [9.17, 15) is 17.6 Å². The van der Waals surface area contributed by atoms with Crippen LogP contribution in [0.5, 0.6) is 0 Å². The van der Waals surface area contributed by atoms with E-state index in [1.807, 2.05) is 18.2 Å². The largest absolute Gasteiger partial charge is 0.298 e. The van der Waals surface area contributed by atoms with Gasteiger partial charge in [0.2, 0.25) is 0 Å². The second kappa shape index (κ2) is 8.42. The number of hydrogen-bond acceptors (Lipinski definition) is 5. The van der Waals surface area contributed by atoms with Crippen molar-refractivity contribution in [2.45, 2.75) is 11.3 Å². The lowest BCUT2D eigenvalue weighted by molar-refractivity contribution is 0.102. The first kappa shape index (κ1) is 21.3. The van der Waals surface area contributed by atoms with Crippen LogP contribution in [-0.4, -0.2) is 25.9 Å². The molecular weight excluding hydrogens is 461 g/mol. The summed E-state index contributed by atoms with van der Waals surface area (Å²) in [6.07, 6.45) is 0.670. The molecule has 0 radical (unpaired) electrons. The lowest BCUT2D eigenvalue weighted by Gasteiger charge is -2.19. The second-order valence-electron chi connectivity index (χ2n) is 7.48. The van der Waals surface area contributed by atoms with Gasteiger partial charge in [0.1, 0.15) is 5.82 Å². The normalized spacial score (nSPS) is 13.1. The maximum Gasteiger partial charge on any atom is 0.264 e. The summed E-state index contributed by atoms with van der Waals surface area (Å²) in [6, 6.07) is 19.2. The summed E-state index contributed by atoms with van der Waals surface area (Å²) in [6.45, 7) is 0.393. The Labute approximate surface area is 194 Å². The highest BCUT2D eigenvalue weighted by molar-refractivity contribution is 7.92. The van der Waals surface area contributed by atoms with Gasteiger partial charge < -0.3 is 0 Å². The van der Waals surface area contributed by atoms with Gasteiger partial charge in [0.25, 0.3) is 15.9 Å². The third-order valence-electron chi connectivity index (χ3n) is 5.41. The fourth-order valence-corrected chi connectivity index (χ4v) is 5.93. The lowest BCUT2D eigenvalue weighted by atomic mass is 10.2. The Bertz CT molecular complexity index is 1430. The zero-order chi connectivity index (χ0) is 23.0. The van der Waals surface area contributed by atoms with E-state index in [4.69, 9.17) is 0 Å². The first-order valence-electron chi connectivity index (χ1n) is 10.2. The van der Waals surface area contributed by atoms with Crippen LogP contribution in [0.15, 0.2) is 83.1 Å². The number of fused-ring (bicyclic) bond motifs is 1. The highest BCUT2D eigenvalue weighted by Gasteiger charge is 2.30. The number of benzene rings is 3. The third-order valence-corrected chi connectivity index (χ3v) is 8.00. The summed E-state index contributed by atoms with van der Waals surface area (Å²) >= 11 is 1.25. The standard InChI is InChI=1S/C24H18FN3O3S2/c25-19-9-5-16(6-10-19)21-15-32-24(26-21)27-23(29)18-7-11-20(12-8-18)33(30,31)28-14-13-17-3-1-2-4-22(17)28/h1-12,15H,13-14H2,(H,26,27,29). The summed E-state index contributed by atoms with van der Waals surface area (Å²) in [4.78, 5) is 17.1. The molecule has 1 N–H and O–H groups in total. The van der Waals surface area contributed by atoms with Crippen LogP contribution in [0.25, 0.3) is 11.3 Å². The molecule has 166 valence electrons. The number of rotatable bonds is 5. The molecule has 1 amide bonds. The molecule has 0 saturated heterocycles. The topological polar surface area (TPSA) is 79.4 Å². The van der Waals surface area contributed by atoms with Crippen molar-refractivity contribution in [1.29, 1.82) is 0 Å². The number of nitrogens with one attached hydrogen (secondary N) is 1. The van der Waals surface area contributed by atoms with Crippen LogP contribution in [0.3, 0.4) is 0 Å². The SMILES string of the molecule is O=C(Nc1nc(-c2ccc(F)cc2)cs1)c1ccc(S(=O)(=O)N2CCc3ccccc32)cc1. The molecule has 0 bridgehead atoms. The average Bonchev–Trinajstić information content (AvgIpc) is 3.47. The van der Waals surface area contributed by atoms with Crippen LogP contribution in [0.4, 0.5) is 15.2 Å². The Balaban J connectivity index is 1.31. The molecule has 0 unspecified atom stereocenters. The minimum atomic E-state index is -3.72. The van der Waals surface area contributed by atoms with E-state index in [0.717, 1.165) is 11.1 Å². The summed E-state index contributed by atoms with van der Waals surface area (Å²) in [5.41, 5.74) is 3.38. The van der Waals surface area contributed by atoms with Gasteiger partial charge in [0.15, 0.2) is 5.13 Å². The third kappa shape index (κ3) is 4.12. The molecule has 5 rings (SSSR count). The van der Waals surface area contributed by atoms with E-state index in [-0.39, 0.29) is 10.7 Å². The van der Waals surface area contributed by atoms with E-state index >= 15 is 0 Å². The van der Waals surface area contributed by atoms with Gasteiger partial charge in [-0.1, -0.05) is 18.2 Å². The maximum atomic E-state index is 13.1. The Morgan fingerprint density at radius 3 is 2.48 bits per heavy atom. The fourth-order valence-electron chi connectivity index (χ4n) is 3.72. The van der Waals surface area contributed by atoms with E-state index < -0.39 is 15.9 Å². The minimum absolute atomic E-state index is 0.128. The number of hydrogen-bond donors (Lipinski definition) is 1. The van der Waals surface area contributed by atoms with Crippen LogP contribution >= 0.6 is 11.3 Å². The Morgan fingerprint density at radius 2 is 1.73 bits per heavy atom. The molecular formula is C24H18FN3O3S2. The van der Waals surface area contributed by atoms with E-state index in [1.54, 1.807) is 23.6 Å². The monoisotopic (exact) mass is 479 g/mol.